The van der Waals surface area contributed by atoms with Crippen molar-refractivity contribution in [1.82, 2.24) is 10.2 Å². The molecule has 0 rings (SSSR count). The molecule has 34 heavy (non-hydrogen) atoms. The maximum absolute atomic E-state index is 12.6. The van der Waals surface area contributed by atoms with Crippen molar-refractivity contribution in [3.8, 4) is 0 Å². The topological polar surface area (TPSA) is 253 Å². The molecule has 0 radical (unpaired) electrons. The van der Waals surface area contributed by atoms with Crippen molar-refractivity contribution < 1.29 is 23.9 Å². The molecule has 14 heteroatoms. The highest BCUT2D eigenvalue weighted by atomic mass is 16.6. The Bertz CT molecular complexity index is 617. The van der Waals surface area contributed by atoms with Gasteiger partial charge in [0.25, 0.3) is 0 Å². The summed E-state index contributed by atoms with van der Waals surface area (Å²) in [7, 11) is 0. The van der Waals surface area contributed by atoms with Gasteiger partial charge in [-0.3, -0.25) is 14.7 Å². The standard InChI is InChI=1S/C20H43N9O5/c21-8-2-1-7-16(14-33-19(26)31)28-17(30)12-29(11-4-3-9-22)20(32)34-13-15(23)6-5-10-27-18(24)25/h15-16H,1-14,21-23H2,(H2,26,31)(H,28,30)(H4,24,25,27)/t15-,16-/m0/s1. The molecule has 198 valence electrons. The highest BCUT2D eigenvalue weighted by Gasteiger charge is 2.21. The zero-order valence-electron chi connectivity index (χ0n) is 20.0. The number of unbranched alkanes of at least 4 members (excludes halogenated alkanes) is 2. The minimum atomic E-state index is -0.931. The second kappa shape index (κ2) is 19.6. The Morgan fingerprint density at radius 3 is 2.18 bits per heavy atom. The van der Waals surface area contributed by atoms with Crippen LogP contribution in [-0.4, -0.2) is 87.0 Å². The minimum Gasteiger partial charge on any atom is -0.448 e. The third-order valence-corrected chi connectivity index (χ3v) is 4.72. The van der Waals surface area contributed by atoms with Gasteiger partial charge in [0.15, 0.2) is 5.96 Å². The number of amides is 3. The maximum atomic E-state index is 12.6. The largest absolute Gasteiger partial charge is 0.448 e. The van der Waals surface area contributed by atoms with Gasteiger partial charge in [-0.2, -0.15) is 0 Å². The zero-order chi connectivity index (χ0) is 25.8. The first-order valence-corrected chi connectivity index (χ1v) is 11.5. The fraction of sp³-hybridized carbons (Fsp3) is 0.800. The molecule has 0 heterocycles. The number of rotatable bonds is 19. The maximum Gasteiger partial charge on any atom is 0.410 e. The molecular weight excluding hydrogens is 446 g/mol. The molecular formula is C20H43N9O5. The lowest BCUT2D eigenvalue weighted by molar-refractivity contribution is -0.123. The summed E-state index contributed by atoms with van der Waals surface area (Å²) >= 11 is 0. The van der Waals surface area contributed by atoms with Gasteiger partial charge in [0, 0.05) is 19.1 Å². The lowest BCUT2D eigenvalue weighted by Crippen LogP contribution is -2.47. The van der Waals surface area contributed by atoms with Crippen LogP contribution in [-0.2, 0) is 14.3 Å². The van der Waals surface area contributed by atoms with E-state index in [1.54, 1.807) is 0 Å². The Morgan fingerprint density at radius 1 is 0.882 bits per heavy atom. The SMILES string of the molecule is NCCCC[C@@H](COC(N)=O)NC(=O)CN(CCCCN)C(=O)OC[C@@H](N)CCCN=C(N)N. The second-order valence-electron chi connectivity index (χ2n) is 7.88. The van der Waals surface area contributed by atoms with Crippen molar-refractivity contribution in [1.29, 1.82) is 0 Å². The number of nitrogens with two attached hydrogens (primary N) is 6. The lowest BCUT2D eigenvalue weighted by Gasteiger charge is -2.24. The molecule has 0 saturated carbocycles. The molecule has 14 nitrogen and oxygen atoms in total. The first-order chi connectivity index (χ1) is 16.2. The van der Waals surface area contributed by atoms with Crippen LogP contribution in [0.5, 0.6) is 0 Å². The van der Waals surface area contributed by atoms with E-state index in [2.05, 4.69) is 10.3 Å². The summed E-state index contributed by atoms with van der Waals surface area (Å²) in [5.41, 5.74) is 32.6. The van der Waals surface area contributed by atoms with E-state index in [1.165, 1.54) is 4.90 Å². The van der Waals surface area contributed by atoms with Crippen LogP contribution in [0.25, 0.3) is 0 Å². The zero-order valence-corrected chi connectivity index (χ0v) is 20.0. The molecule has 0 fully saturated rings. The predicted molar refractivity (Wildman–Crippen MR) is 129 cm³/mol. The molecule has 3 amide bonds. The van der Waals surface area contributed by atoms with Gasteiger partial charge >= 0.3 is 12.2 Å². The Morgan fingerprint density at radius 2 is 1.56 bits per heavy atom. The van der Waals surface area contributed by atoms with Crippen LogP contribution in [0.2, 0.25) is 0 Å². The number of aliphatic imine (C=N–C) groups is 1. The van der Waals surface area contributed by atoms with E-state index in [-0.39, 0.29) is 25.7 Å². The summed E-state index contributed by atoms with van der Waals surface area (Å²) in [6.45, 7) is 1.38. The molecule has 0 aliphatic heterocycles. The van der Waals surface area contributed by atoms with Crippen LogP contribution >= 0.6 is 0 Å². The van der Waals surface area contributed by atoms with Gasteiger partial charge < -0.3 is 49.2 Å². The summed E-state index contributed by atoms with van der Waals surface area (Å²) in [6, 6.07) is -0.845. The van der Waals surface area contributed by atoms with E-state index in [1.807, 2.05) is 0 Å². The number of carbonyl (C=O) groups is 3. The molecule has 0 unspecified atom stereocenters. The van der Waals surface area contributed by atoms with Crippen molar-refractivity contribution in [2.24, 2.45) is 39.4 Å². The number of carbonyl (C=O) groups excluding carboxylic acids is 3. The molecule has 13 N–H and O–H groups in total. The summed E-state index contributed by atoms with van der Waals surface area (Å²) < 4.78 is 10.1. The lowest BCUT2D eigenvalue weighted by atomic mass is 10.1. The number of nitrogens with one attached hydrogen (secondary N) is 1. The van der Waals surface area contributed by atoms with E-state index in [0.29, 0.717) is 58.3 Å². The Hall–Kier alpha value is -2.84. The number of hydrogen-bond donors (Lipinski definition) is 7. The van der Waals surface area contributed by atoms with Crippen LogP contribution in [0.1, 0.15) is 44.9 Å². The molecule has 0 spiro atoms. The second-order valence-corrected chi connectivity index (χ2v) is 7.88. The minimum absolute atomic E-state index is 0.00852. The van der Waals surface area contributed by atoms with E-state index in [0.717, 1.165) is 12.8 Å². The highest BCUT2D eigenvalue weighted by Crippen LogP contribution is 2.05. The number of hydrogen-bond acceptors (Lipinski definition) is 9. The summed E-state index contributed by atoms with van der Waals surface area (Å²) in [4.78, 5) is 41.3. The van der Waals surface area contributed by atoms with Gasteiger partial charge in [0.05, 0.1) is 6.04 Å². The van der Waals surface area contributed by atoms with E-state index in [9.17, 15) is 14.4 Å². The van der Waals surface area contributed by atoms with Gasteiger partial charge in [-0.05, 0) is 51.6 Å². The first-order valence-electron chi connectivity index (χ1n) is 11.5. The van der Waals surface area contributed by atoms with Crippen molar-refractivity contribution in [3.63, 3.8) is 0 Å². The molecule has 0 aromatic carbocycles. The monoisotopic (exact) mass is 489 g/mol. The van der Waals surface area contributed by atoms with Gasteiger partial charge in [-0.15, -0.1) is 0 Å². The Balaban J connectivity index is 4.80. The van der Waals surface area contributed by atoms with Crippen LogP contribution in [0.15, 0.2) is 4.99 Å². The Labute approximate surface area is 201 Å². The average Bonchev–Trinajstić information content (AvgIpc) is 2.78. The predicted octanol–water partition coefficient (Wildman–Crippen LogP) is -1.75. The Kier molecular flexibility index (Phi) is 18.0. The average molecular weight is 490 g/mol. The van der Waals surface area contributed by atoms with Crippen molar-refractivity contribution in [2.75, 3.05) is 45.9 Å². The van der Waals surface area contributed by atoms with Crippen LogP contribution < -0.4 is 39.7 Å². The molecule has 0 aliphatic rings. The fourth-order valence-corrected chi connectivity index (χ4v) is 2.96. The van der Waals surface area contributed by atoms with Gasteiger partial charge in [-0.1, -0.05) is 6.42 Å². The van der Waals surface area contributed by atoms with Gasteiger partial charge in [-0.25, -0.2) is 9.59 Å². The van der Waals surface area contributed by atoms with E-state index in [4.69, 9.17) is 43.9 Å². The van der Waals surface area contributed by atoms with Gasteiger partial charge in [0.2, 0.25) is 5.91 Å². The first kappa shape index (κ1) is 31.2. The molecule has 0 aliphatic carbocycles. The van der Waals surface area contributed by atoms with E-state index >= 15 is 0 Å². The number of primary amides is 1. The molecule has 0 aromatic rings. The fourth-order valence-electron chi connectivity index (χ4n) is 2.96. The summed E-state index contributed by atoms with van der Waals surface area (Å²) in [5.74, 6) is -0.411. The van der Waals surface area contributed by atoms with Gasteiger partial charge in [0.1, 0.15) is 19.8 Å². The quantitative estimate of drug-likeness (QED) is 0.0611. The van der Waals surface area contributed by atoms with Crippen molar-refractivity contribution in [2.45, 2.75) is 57.0 Å². The third kappa shape index (κ3) is 17.7. The number of nitrogens with zero attached hydrogens (tertiary/aromatic N) is 2. The number of guanidine groups is 1. The van der Waals surface area contributed by atoms with E-state index < -0.39 is 30.2 Å². The summed E-state index contributed by atoms with van der Waals surface area (Å²) in [6.07, 6.45) is 2.93. The summed E-state index contributed by atoms with van der Waals surface area (Å²) in [5, 5.41) is 2.77. The normalized spacial score (nSPS) is 12.3. The smallest absolute Gasteiger partial charge is 0.410 e. The number of ether oxygens (including phenoxy) is 2. The van der Waals surface area contributed by atoms with Crippen molar-refractivity contribution >= 4 is 24.1 Å². The van der Waals surface area contributed by atoms with Crippen LogP contribution in [0.3, 0.4) is 0 Å². The molecule has 0 aromatic heterocycles. The van der Waals surface area contributed by atoms with Crippen LogP contribution in [0, 0.1) is 0 Å². The molecule has 0 saturated heterocycles. The third-order valence-electron chi connectivity index (χ3n) is 4.72. The van der Waals surface area contributed by atoms with Crippen molar-refractivity contribution in [3.05, 3.63) is 0 Å². The molecule has 2 atom stereocenters. The van der Waals surface area contributed by atoms with Crippen LogP contribution in [0.4, 0.5) is 9.59 Å². The highest BCUT2D eigenvalue weighted by molar-refractivity contribution is 5.82. The molecule has 0 bridgehead atoms.